The molecule has 3 heterocycles. The van der Waals surface area contributed by atoms with Crippen LogP contribution in [-0.4, -0.2) is 104 Å². The van der Waals surface area contributed by atoms with Gasteiger partial charge in [-0.2, -0.15) is 0 Å². The van der Waals surface area contributed by atoms with Crippen LogP contribution in [0, 0.1) is 0 Å². The van der Waals surface area contributed by atoms with Crippen molar-refractivity contribution in [3.05, 3.63) is 33.1 Å². The van der Waals surface area contributed by atoms with Gasteiger partial charge in [-0.15, -0.1) is 0 Å². The van der Waals surface area contributed by atoms with Crippen molar-refractivity contribution in [1.29, 1.82) is 0 Å². The molecule has 284 valence electrons. The molecule has 0 amide bonds. The molecule has 3 rings (SSSR count). The molecule has 0 saturated carbocycles. The van der Waals surface area contributed by atoms with Crippen molar-refractivity contribution in [3.63, 3.8) is 0 Å². The molecule has 2 aliphatic heterocycles. The van der Waals surface area contributed by atoms with E-state index < -0.39 is 55.6 Å². The van der Waals surface area contributed by atoms with E-state index in [2.05, 4.69) is 11.9 Å². The summed E-state index contributed by atoms with van der Waals surface area (Å²) in [5, 5.41) is 40.9. The molecule has 49 heavy (non-hydrogen) atoms. The minimum atomic E-state index is -3.70. The number of nitrogens with zero attached hydrogens (tertiary/aromatic N) is 2. The Kier molecular flexibility index (Phi) is 19.9. The highest BCUT2D eigenvalue weighted by molar-refractivity contribution is 7.53. The first-order chi connectivity index (χ1) is 23.6. The Morgan fingerprint density at radius 3 is 1.80 bits per heavy atom. The number of β-amino-alcohol motifs (C(OH)–C–C–N with tert-alkyl or cyclic N) is 2. The topological polar surface area (TPSA) is 184 Å². The van der Waals surface area contributed by atoms with Crippen LogP contribution in [0.1, 0.15) is 129 Å². The van der Waals surface area contributed by atoms with Crippen LogP contribution in [0.5, 0.6) is 0 Å². The number of hydrogen-bond donors (Lipinski definition) is 5. The third-order valence-electron chi connectivity index (χ3n) is 9.71. The number of aliphatic hydroxyl groups excluding tert-OH is 4. The highest BCUT2D eigenvalue weighted by atomic mass is 31.2. The summed E-state index contributed by atoms with van der Waals surface area (Å²) in [6.07, 6.45) is 16.8. The number of rotatable bonds is 27. The second-order valence-electron chi connectivity index (χ2n) is 13.9. The summed E-state index contributed by atoms with van der Waals surface area (Å²) >= 11 is 0. The maximum atomic E-state index is 13.8. The van der Waals surface area contributed by atoms with Crippen LogP contribution in [0.25, 0.3) is 0 Å². The molecule has 5 N–H and O–H groups in total. The second-order valence-corrected chi connectivity index (χ2v) is 16.1. The Hall–Kier alpha value is -1.41. The van der Waals surface area contributed by atoms with Gasteiger partial charge in [-0.1, -0.05) is 116 Å². The van der Waals surface area contributed by atoms with Gasteiger partial charge in [-0.3, -0.25) is 23.8 Å². The van der Waals surface area contributed by atoms with E-state index in [1.165, 1.54) is 89.9 Å². The summed E-state index contributed by atoms with van der Waals surface area (Å²) in [7, 11) is -3.70. The molecule has 13 nitrogen and oxygen atoms in total. The SMILES string of the molecule is CCCCCCCCCCCCCCCCCCCCOP(=O)(CCN1C[C@@H](O)[C@H](O)C1)OCC1OC(n2ccc(=O)[nH]c2=O)[C@H](O)[C@@H]1O. The van der Waals surface area contributed by atoms with Gasteiger partial charge in [0, 0.05) is 31.9 Å². The lowest BCUT2D eigenvalue weighted by Crippen LogP contribution is -2.37. The van der Waals surface area contributed by atoms with Gasteiger partial charge in [-0.25, -0.2) is 4.79 Å². The molecule has 0 bridgehead atoms. The van der Waals surface area contributed by atoms with Crippen molar-refractivity contribution >= 4 is 7.60 Å². The zero-order chi connectivity index (χ0) is 35.5. The second kappa shape index (κ2) is 23.2. The third kappa shape index (κ3) is 15.4. The highest BCUT2D eigenvalue weighted by Crippen LogP contribution is 2.49. The van der Waals surface area contributed by atoms with Gasteiger partial charge in [0.1, 0.15) is 18.3 Å². The average molecular weight is 718 g/mol. The fourth-order valence-corrected chi connectivity index (χ4v) is 8.22. The van der Waals surface area contributed by atoms with Crippen molar-refractivity contribution in [2.45, 2.75) is 159 Å². The molecular weight excluding hydrogens is 653 g/mol. The number of H-pyrrole nitrogens is 1. The maximum Gasteiger partial charge on any atom is 0.332 e. The van der Waals surface area contributed by atoms with Crippen LogP contribution in [-0.2, 0) is 18.3 Å². The molecule has 0 aliphatic carbocycles. The molecule has 0 spiro atoms. The van der Waals surface area contributed by atoms with Gasteiger partial charge in [0.25, 0.3) is 5.56 Å². The van der Waals surface area contributed by atoms with Gasteiger partial charge < -0.3 is 34.2 Å². The molecule has 3 unspecified atom stereocenters. The van der Waals surface area contributed by atoms with Crippen molar-refractivity contribution < 1.29 is 38.8 Å². The number of aromatic amines is 1. The Labute approximate surface area is 291 Å². The lowest BCUT2D eigenvalue weighted by molar-refractivity contribution is -0.0531. The van der Waals surface area contributed by atoms with Gasteiger partial charge in [-0.05, 0) is 6.42 Å². The Balaban J connectivity index is 1.32. The highest BCUT2D eigenvalue weighted by Gasteiger charge is 2.45. The number of likely N-dealkylation sites (tertiary alicyclic amines) is 1. The maximum absolute atomic E-state index is 13.8. The molecule has 7 atom stereocenters. The molecule has 1 aromatic heterocycles. The molecule has 2 fully saturated rings. The molecule has 0 aromatic carbocycles. The van der Waals surface area contributed by atoms with Gasteiger partial charge in [0.15, 0.2) is 6.23 Å². The summed E-state index contributed by atoms with van der Waals surface area (Å²) in [5.74, 6) is 0. The predicted octanol–water partition coefficient (Wildman–Crippen LogP) is 4.46. The van der Waals surface area contributed by atoms with Gasteiger partial charge in [0.05, 0.1) is 31.6 Å². The number of aromatic nitrogens is 2. The molecule has 1 aromatic rings. The summed E-state index contributed by atoms with van der Waals surface area (Å²) in [6, 6.07) is 1.10. The van der Waals surface area contributed by atoms with Crippen LogP contribution in [0.2, 0.25) is 0 Å². The number of hydrogen-bond acceptors (Lipinski definition) is 11. The van der Waals surface area contributed by atoms with Crippen molar-refractivity contribution in [2.75, 3.05) is 39.0 Å². The standard InChI is InChI=1S/C35H64N3O10P/c1-2-3-4-5-6-7-8-9-10-11-12-13-14-15-16-17-18-19-23-46-49(45,24-22-37-25-28(39)29(40)26-37)47-27-30-32(42)33(43)34(48-30)38-21-20-31(41)36-35(38)44/h20-21,28-30,32-34,39-40,42-43H,2-19,22-27H2,1H3,(H,36,41,44)/t28-,29-,30?,32-,33-,34?,49?/m1/s1. The quantitative estimate of drug-likeness (QED) is 0.0640. The van der Waals surface area contributed by atoms with Crippen molar-refractivity contribution in [1.82, 2.24) is 14.5 Å². The van der Waals surface area contributed by atoms with Gasteiger partial charge in [0.2, 0.25) is 0 Å². The first kappa shape index (κ1) is 42.0. The normalized spacial score (nSPS) is 25.7. The monoisotopic (exact) mass is 717 g/mol. The molecule has 2 saturated heterocycles. The van der Waals surface area contributed by atoms with E-state index in [4.69, 9.17) is 13.8 Å². The van der Waals surface area contributed by atoms with Crippen LogP contribution in [0.4, 0.5) is 0 Å². The number of ether oxygens (including phenoxy) is 1. The van der Waals surface area contributed by atoms with Crippen LogP contribution < -0.4 is 11.2 Å². The molecule has 14 heteroatoms. The van der Waals surface area contributed by atoms with E-state index in [1.807, 2.05) is 0 Å². The first-order valence-electron chi connectivity index (χ1n) is 18.9. The summed E-state index contributed by atoms with van der Waals surface area (Å²) < 4.78 is 32.1. The number of nitrogens with one attached hydrogen (secondary N) is 1. The Morgan fingerprint density at radius 2 is 1.29 bits per heavy atom. The van der Waals surface area contributed by atoms with Gasteiger partial charge >= 0.3 is 13.3 Å². The summed E-state index contributed by atoms with van der Waals surface area (Å²) in [4.78, 5) is 27.5. The average Bonchev–Trinajstić information content (AvgIpc) is 3.55. The molecule has 2 aliphatic rings. The molecule has 0 radical (unpaired) electrons. The zero-order valence-electron chi connectivity index (χ0n) is 29.7. The fraction of sp³-hybridized carbons (Fsp3) is 0.886. The third-order valence-corrected chi connectivity index (χ3v) is 11.6. The van der Waals surface area contributed by atoms with Crippen LogP contribution in [0.15, 0.2) is 21.9 Å². The van der Waals surface area contributed by atoms with Crippen LogP contribution in [0.3, 0.4) is 0 Å². The van der Waals surface area contributed by atoms with E-state index in [1.54, 1.807) is 4.90 Å². The minimum absolute atomic E-state index is 0.000332. The summed E-state index contributed by atoms with van der Waals surface area (Å²) in [5.41, 5.74) is -1.42. The van der Waals surface area contributed by atoms with E-state index in [0.29, 0.717) is 6.42 Å². The Bertz CT molecular complexity index is 1190. The van der Waals surface area contributed by atoms with E-state index in [-0.39, 0.29) is 39.0 Å². The lowest BCUT2D eigenvalue weighted by Gasteiger charge is -2.24. The largest absolute Gasteiger partial charge is 0.389 e. The number of unbranched alkanes of at least 4 members (excludes halogenated alkanes) is 17. The first-order valence-corrected chi connectivity index (χ1v) is 20.7. The number of aliphatic hydroxyl groups is 4. The zero-order valence-corrected chi connectivity index (χ0v) is 30.6. The Morgan fingerprint density at radius 1 is 0.776 bits per heavy atom. The minimum Gasteiger partial charge on any atom is -0.389 e. The van der Waals surface area contributed by atoms with E-state index >= 15 is 0 Å². The smallest absolute Gasteiger partial charge is 0.332 e. The predicted molar refractivity (Wildman–Crippen MR) is 189 cm³/mol. The van der Waals surface area contributed by atoms with E-state index in [0.717, 1.165) is 36.1 Å². The van der Waals surface area contributed by atoms with Crippen molar-refractivity contribution in [3.8, 4) is 0 Å². The summed E-state index contributed by atoms with van der Waals surface area (Å²) in [6.45, 7) is 2.87. The van der Waals surface area contributed by atoms with Crippen LogP contribution >= 0.6 is 7.60 Å². The van der Waals surface area contributed by atoms with Crippen molar-refractivity contribution in [2.24, 2.45) is 0 Å². The van der Waals surface area contributed by atoms with E-state index in [9.17, 15) is 34.6 Å². The fourth-order valence-electron chi connectivity index (χ4n) is 6.58. The molecular formula is C35H64N3O10P. The lowest BCUT2D eigenvalue weighted by atomic mass is 10.0.